The highest BCUT2D eigenvalue weighted by molar-refractivity contribution is 5.91. The first-order chi connectivity index (χ1) is 13.4. The van der Waals surface area contributed by atoms with Gasteiger partial charge in [0.15, 0.2) is 29.1 Å². The number of ether oxygens (including phenoxy) is 1. The van der Waals surface area contributed by atoms with Crippen molar-refractivity contribution < 1.29 is 31.5 Å². The van der Waals surface area contributed by atoms with Crippen LogP contribution in [-0.4, -0.2) is 26.1 Å². The van der Waals surface area contributed by atoms with Crippen molar-refractivity contribution in [2.75, 3.05) is 0 Å². The molecule has 0 aliphatic carbocycles. The van der Waals surface area contributed by atoms with Crippen LogP contribution in [0.25, 0.3) is 22.6 Å². The van der Waals surface area contributed by atoms with Gasteiger partial charge >= 0.3 is 5.97 Å². The summed E-state index contributed by atoms with van der Waals surface area (Å²) in [5, 5.41) is 6.10. The molecule has 2 heterocycles. The average Bonchev–Trinajstić information content (AvgIpc) is 3.31. The summed E-state index contributed by atoms with van der Waals surface area (Å²) in [6.45, 7) is 0. The van der Waals surface area contributed by atoms with E-state index in [1.54, 1.807) is 24.3 Å². The molecule has 0 spiro atoms. The minimum atomic E-state index is -2.38. The Morgan fingerprint density at radius 2 is 1.57 bits per heavy atom. The Kier molecular flexibility index (Phi) is 4.06. The van der Waals surface area contributed by atoms with Crippen LogP contribution in [0.2, 0.25) is 0 Å². The number of nitrogens with one attached hydrogen (secondary N) is 2. The maximum atomic E-state index is 13.7. The molecule has 6 nitrogen and oxygen atoms in total. The van der Waals surface area contributed by atoms with Gasteiger partial charge in [-0.05, 0) is 12.1 Å². The van der Waals surface area contributed by atoms with Crippen molar-refractivity contribution in [3.8, 4) is 17.4 Å². The third kappa shape index (κ3) is 2.76. The number of benzene rings is 2. The van der Waals surface area contributed by atoms with E-state index >= 15 is 0 Å². The molecule has 0 saturated heterocycles. The summed E-state index contributed by atoms with van der Waals surface area (Å²) in [4.78, 5) is 19.2. The molecule has 11 heteroatoms. The minimum Gasteiger partial charge on any atom is -0.402 e. The number of hydrogen-bond acceptors (Lipinski definition) is 4. The summed E-state index contributed by atoms with van der Waals surface area (Å²) < 4.78 is 71.5. The number of halogens is 5. The van der Waals surface area contributed by atoms with Crippen molar-refractivity contribution in [3.63, 3.8) is 0 Å². The van der Waals surface area contributed by atoms with E-state index in [4.69, 9.17) is 0 Å². The summed E-state index contributed by atoms with van der Waals surface area (Å²) in [5.74, 6) is -13.4. The molecule has 2 N–H and O–H groups in total. The number of imidazole rings is 1. The van der Waals surface area contributed by atoms with E-state index in [0.29, 0.717) is 16.9 Å². The van der Waals surface area contributed by atoms with Crippen molar-refractivity contribution in [2.24, 2.45) is 0 Å². The van der Waals surface area contributed by atoms with Gasteiger partial charge in [0.25, 0.3) is 0 Å². The Hall–Kier alpha value is -3.76. The molecule has 0 bridgehead atoms. The zero-order valence-corrected chi connectivity index (χ0v) is 13.5. The fraction of sp³-hybridized carbons (Fsp3) is 0. The number of nitrogens with zero attached hydrogens (tertiary/aromatic N) is 2. The van der Waals surface area contributed by atoms with Crippen LogP contribution in [0, 0.1) is 29.1 Å². The van der Waals surface area contributed by atoms with Gasteiger partial charge in [0.1, 0.15) is 11.3 Å². The van der Waals surface area contributed by atoms with Gasteiger partial charge in [-0.2, -0.15) is 0 Å². The smallest absolute Gasteiger partial charge is 0.351 e. The van der Waals surface area contributed by atoms with Gasteiger partial charge in [-0.3, -0.25) is 5.10 Å². The highest BCUT2D eigenvalue weighted by Crippen LogP contribution is 2.25. The molecule has 0 atom stereocenters. The Bertz CT molecular complexity index is 1170. The molecule has 0 unspecified atom stereocenters. The van der Waals surface area contributed by atoms with Crippen LogP contribution in [0.15, 0.2) is 30.3 Å². The number of carbonyl (C=O) groups is 1. The molecule has 142 valence electrons. The number of H-pyrrole nitrogens is 2. The normalized spacial score (nSPS) is 11.2. The van der Waals surface area contributed by atoms with E-state index in [2.05, 4.69) is 24.9 Å². The SMILES string of the molecule is O=C(Oc1cc(-c2nc3ccccc3[nH]2)[nH]n1)c1c(F)c(F)c(F)c(F)c1F. The van der Waals surface area contributed by atoms with Gasteiger partial charge < -0.3 is 9.72 Å². The van der Waals surface area contributed by atoms with Crippen LogP contribution in [0.3, 0.4) is 0 Å². The van der Waals surface area contributed by atoms with E-state index in [1.807, 2.05) is 0 Å². The summed E-state index contributed by atoms with van der Waals surface area (Å²) in [6, 6.07) is 8.25. The number of para-hydroxylation sites is 2. The Morgan fingerprint density at radius 1 is 0.929 bits per heavy atom. The molecule has 0 radical (unpaired) electrons. The second kappa shape index (κ2) is 6.44. The number of aromatic amines is 2. The quantitative estimate of drug-likeness (QED) is 0.239. The van der Waals surface area contributed by atoms with Gasteiger partial charge in [-0.25, -0.2) is 31.7 Å². The lowest BCUT2D eigenvalue weighted by Gasteiger charge is -2.06. The van der Waals surface area contributed by atoms with Crippen LogP contribution in [-0.2, 0) is 0 Å². The first-order valence-electron chi connectivity index (χ1n) is 7.61. The molecule has 0 saturated carbocycles. The maximum Gasteiger partial charge on any atom is 0.351 e. The molecule has 0 fully saturated rings. The molecule has 4 aromatic rings. The molecule has 0 aliphatic rings. The third-order valence-electron chi connectivity index (χ3n) is 3.81. The Morgan fingerprint density at radius 3 is 2.25 bits per heavy atom. The minimum absolute atomic E-state index is 0.261. The van der Waals surface area contributed by atoms with Gasteiger partial charge in [-0.15, -0.1) is 5.10 Å². The van der Waals surface area contributed by atoms with Gasteiger partial charge in [0.05, 0.1) is 11.0 Å². The Balaban J connectivity index is 1.63. The molecule has 0 aliphatic heterocycles. The van der Waals surface area contributed by atoms with Gasteiger partial charge in [0.2, 0.25) is 11.7 Å². The second-order valence-corrected chi connectivity index (χ2v) is 5.56. The number of aromatic nitrogens is 4. The van der Waals surface area contributed by atoms with E-state index in [1.165, 1.54) is 6.07 Å². The largest absolute Gasteiger partial charge is 0.402 e. The predicted octanol–water partition coefficient (Wildman–Crippen LogP) is 3.87. The van der Waals surface area contributed by atoms with E-state index in [0.717, 1.165) is 0 Å². The number of hydrogen-bond donors (Lipinski definition) is 2. The highest BCUT2D eigenvalue weighted by Gasteiger charge is 2.31. The van der Waals surface area contributed by atoms with Crippen molar-refractivity contribution in [3.05, 3.63) is 65.0 Å². The van der Waals surface area contributed by atoms with Crippen molar-refractivity contribution >= 4 is 17.0 Å². The van der Waals surface area contributed by atoms with Crippen LogP contribution in [0.4, 0.5) is 22.0 Å². The van der Waals surface area contributed by atoms with Crippen molar-refractivity contribution in [1.29, 1.82) is 0 Å². The summed E-state index contributed by atoms with van der Waals surface area (Å²) in [5.41, 5.74) is -0.0970. The number of esters is 1. The molecule has 28 heavy (non-hydrogen) atoms. The summed E-state index contributed by atoms with van der Waals surface area (Å²) in [7, 11) is 0. The van der Waals surface area contributed by atoms with Gasteiger partial charge in [-0.1, -0.05) is 12.1 Å². The zero-order chi connectivity index (χ0) is 20.0. The van der Waals surface area contributed by atoms with Crippen molar-refractivity contribution in [2.45, 2.75) is 0 Å². The lowest BCUT2D eigenvalue weighted by molar-refractivity contribution is 0.0713. The fourth-order valence-electron chi connectivity index (χ4n) is 2.49. The summed E-state index contributed by atoms with van der Waals surface area (Å²) >= 11 is 0. The monoisotopic (exact) mass is 394 g/mol. The predicted molar refractivity (Wildman–Crippen MR) is 84.9 cm³/mol. The number of carbonyl (C=O) groups excluding carboxylic acids is 1. The second-order valence-electron chi connectivity index (χ2n) is 5.56. The first kappa shape index (κ1) is 17.6. The summed E-state index contributed by atoms with van der Waals surface area (Å²) in [6.07, 6.45) is 0. The maximum absolute atomic E-state index is 13.7. The van der Waals surface area contributed by atoms with E-state index in [-0.39, 0.29) is 5.69 Å². The molecular weight excluding hydrogens is 387 g/mol. The van der Waals surface area contributed by atoms with Crippen LogP contribution < -0.4 is 4.74 Å². The molecule has 2 aromatic heterocycles. The topological polar surface area (TPSA) is 83.7 Å². The third-order valence-corrected chi connectivity index (χ3v) is 3.81. The van der Waals surface area contributed by atoms with Crippen LogP contribution in [0.1, 0.15) is 10.4 Å². The Labute approximate surface area is 152 Å². The van der Waals surface area contributed by atoms with E-state index in [9.17, 15) is 26.7 Å². The van der Waals surface area contributed by atoms with Gasteiger partial charge in [0, 0.05) is 6.07 Å². The highest BCUT2D eigenvalue weighted by atomic mass is 19.2. The van der Waals surface area contributed by atoms with Crippen LogP contribution in [0.5, 0.6) is 5.88 Å². The van der Waals surface area contributed by atoms with E-state index < -0.39 is 46.5 Å². The standard InChI is InChI=1S/C17H7F5N4O2/c18-11-10(12(19)14(21)15(22)13(11)20)17(27)28-9-5-8(25-26-9)16-23-6-3-1-2-4-7(6)24-16/h1-5H,(H,23,24)(H,25,26). The van der Waals surface area contributed by atoms with Crippen LogP contribution >= 0.6 is 0 Å². The lowest BCUT2D eigenvalue weighted by atomic mass is 10.1. The molecule has 4 rings (SSSR count). The lowest BCUT2D eigenvalue weighted by Crippen LogP contribution is -2.17. The molecule has 2 aromatic carbocycles. The number of rotatable bonds is 3. The average molecular weight is 394 g/mol. The molecule has 0 amide bonds. The number of fused-ring (bicyclic) bond motifs is 1. The first-order valence-corrected chi connectivity index (χ1v) is 7.61. The zero-order valence-electron chi connectivity index (χ0n) is 13.5. The van der Waals surface area contributed by atoms with Crippen molar-refractivity contribution in [1.82, 2.24) is 20.2 Å². The molecular formula is C17H7F5N4O2. The fourth-order valence-corrected chi connectivity index (χ4v) is 2.49.